The lowest BCUT2D eigenvalue weighted by Crippen LogP contribution is -2.50. The molecule has 1 aromatic rings. The highest BCUT2D eigenvalue weighted by Gasteiger charge is 2.35. The molecule has 1 aromatic carbocycles. The summed E-state index contributed by atoms with van der Waals surface area (Å²) in [6.07, 6.45) is 0. The highest BCUT2D eigenvalue weighted by atomic mass is 32.2. The summed E-state index contributed by atoms with van der Waals surface area (Å²) in [5.41, 5.74) is -0.215. The number of carboxylic acids is 1. The van der Waals surface area contributed by atoms with Crippen molar-refractivity contribution in [2.45, 2.75) is 6.04 Å². The van der Waals surface area contributed by atoms with E-state index < -0.39 is 23.7 Å². The molecule has 1 saturated heterocycles. The fourth-order valence-corrected chi connectivity index (χ4v) is 3.12. The molecule has 108 valence electrons. The largest absolute Gasteiger partial charge is 0.496 e. The molecule has 0 aliphatic carbocycles. The minimum Gasteiger partial charge on any atom is -0.496 e. The Balaban J connectivity index is 2.37. The second-order valence-corrected chi connectivity index (χ2v) is 5.39. The van der Waals surface area contributed by atoms with E-state index in [1.54, 1.807) is 0 Å². The van der Waals surface area contributed by atoms with Gasteiger partial charge in [-0.2, -0.15) is 11.8 Å². The zero-order valence-corrected chi connectivity index (χ0v) is 11.7. The summed E-state index contributed by atoms with van der Waals surface area (Å²) in [6, 6.07) is 3.13. The van der Waals surface area contributed by atoms with Crippen LogP contribution in [0.2, 0.25) is 0 Å². The second kappa shape index (κ2) is 6.13. The highest BCUT2D eigenvalue weighted by Crippen LogP contribution is 2.26. The Morgan fingerprint density at radius 2 is 2.25 bits per heavy atom. The first kappa shape index (κ1) is 14.6. The number of thioether (sulfide) groups is 1. The molecule has 0 spiro atoms. The molecular weight excluding hydrogens is 285 g/mol. The van der Waals surface area contributed by atoms with E-state index in [2.05, 4.69) is 0 Å². The zero-order chi connectivity index (χ0) is 14.7. The number of halogens is 1. The number of methoxy groups -OCH3 is 1. The first-order valence-electron chi connectivity index (χ1n) is 6.00. The van der Waals surface area contributed by atoms with E-state index in [9.17, 15) is 14.0 Å². The number of carbonyl (C=O) groups excluding carboxylic acids is 1. The summed E-state index contributed by atoms with van der Waals surface area (Å²) < 4.78 is 18.9. The lowest BCUT2D eigenvalue weighted by atomic mass is 10.1. The van der Waals surface area contributed by atoms with Gasteiger partial charge in [-0.25, -0.2) is 9.18 Å². The van der Waals surface area contributed by atoms with Crippen molar-refractivity contribution in [1.29, 1.82) is 0 Å². The number of amides is 1. The molecule has 2 rings (SSSR count). The van der Waals surface area contributed by atoms with Crippen molar-refractivity contribution in [1.82, 2.24) is 4.90 Å². The standard InChI is InChI=1S/C13H14FNO4S/c1-19-10-4-2-3-8(14)11(10)12(16)15-5-6-20-7-9(15)13(17)18/h2-4,9H,5-7H2,1H3,(H,17,18). The number of carbonyl (C=O) groups is 2. The number of aliphatic carboxylic acids is 1. The molecule has 1 heterocycles. The maximum Gasteiger partial charge on any atom is 0.327 e. The van der Waals surface area contributed by atoms with Crippen molar-refractivity contribution in [3.63, 3.8) is 0 Å². The van der Waals surface area contributed by atoms with Crippen LogP contribution in [-0.4, -0.2) is 53.1 Å². The molecule has 1 amide bonds. The molecule has 5 nitrogen and oxygen atoms in total. The highest BCUT2D eigenvalue weighted by molar-refractivity contribution is 7.99. The predicted molar refractivity (Wildman–Crippen MR) is 72.7 cm³/mol. The van der Waals surface area contributed by atoms with Crippen LogP contribution in [0.3, 0.4) is 0 Å². The third-order valence-electron chi connectivity index (χ3n) is 3.08. The summed E-state index contributed by atoms with van der Waals surface area (Å²) in [4.78, 5) is 24.9. The summed E-state index contributed by atoms with van der Waals surface area (Å²) in [5, 5.41) is 9.17. The number of benzene rings is 1. The number of hydrogen-bond donors (Lipinski definition) is 1. The first-order chi connectivity index (χ1) is 9.56. The molecular formula is C13H14FNO4S. The molecule has 1 unspecified atom stereocenters. The van der Waals surface area contributed by atoms with Crippen LogP contribution >= 0.6 is 11.8 Å². The first-order valence-corrected chi connectivity index (χ1v) is 7.15. The maximum absolute atomic E-state index is 13.9. The Morgan fingerprint density at radius 3 is 2.90 bits per heavy atom. The van der Waals surface area contributed by atoms with Crippen LogP contribution in [0, 0.1) is 5.82 Å². The number of rotatable bonds is 3. The van der Waals surface area contributed by atoms with Gasteiger partial charge in [0.05, 0.1) is 7.11 Å². The zero-order valence-electron chi connectivity index (χ0n) is 10.8. The van der Waals surface area contributed by atoms with Crippen LogP contribution in [0.4, 0.5) is 4.39 Å². The number of ether oxygens (including phenoxy) is 1. The minimum absolute atomic E-state index is 0.109. The monoisotopic (exact) mass is 299 g/mol. The molecule has 1 atom stereocenters. The molecule has 20 heavy (non-hydrogen) atoms. The average Bonchev–Trinajstić information content (AvgIpc) is 2.46. The van der Waals surface area contributed by atoms with Crippen LogP contribution in [0.5, 0.6) is 5.75 Å². The summed E-state index contributed by atoms with van der Waals surface area (Å²) >= 11 is 1.46. The minimum atomic E-state index is -1.08. The van der Waals surface area contributed by atoms with Crippen LogP contribution in [0.15, 0.2) is 18.2 Å². The molecule has 1 aliphatic rings. The van der Waals surface area contributed by atoms with Crippen LogP contribution < -0.4 is 4.74 Å². The summed E-state index contributed by atoms with van der Waals surface area (Å²) in [6.45, 7) is 0.276. The molecule has 0 saturated carbocycles. The van der Waals surface area contributed by atoms with Gasteiger partial charge in [-0.3, -0.25) is 4.79 Å². The van der Waals surface area contributed by atoms with Crippen LogP contribution in [-0.2, 0) is 4.79 Å². The van der Waals surface area contributed by atoms with Gasteiger partial charge in [0.1, 0.15) is 23.2 Å². The predicted octanol–water partition coefficient (Wildman–Crippen LogP) is 1.48. The molecule has 1 N–H and O–H groups in total. The quantitative estimate of drug-likeness (QED) is 0.915. The molecule has 7 heteroatoms. The fourth-order valence-electron chi connectivity index (χ4n) is 2.08. The van der Waals surface area contributed by atoms with Gasteiger partial charge in [0.25, 0.3) is 5.91 Å². The van der Waals surface area contributed by atoms with E-state index in [0.717, 1.165) is 6.07 Å². The number of hydrogen-bond acceptors (Lipinski definition) is 4. The van der Waals surface area contributed by atoms with Gasteiger partial charge in [0.15, 0.2) is 0 Å². The third-order valence-corrected chi connectivity index (χ3v) is 4.11. The Hall–Kier alpha value is -1.76. The normalized spacial score (nSPS) is 18.7. The second-order valence-electron chi connectivity index (χ2n) is 4.24. The smallest absolute Gasteiger partial charge is 0.327 e. The van der Waals surface area contributed by atoms with Gasteiger partial charge in [-0.15, -0.1) is 0 Å². The Labute approximate surface area is 119 Å². The summed E-state index contributed by atoms with van der Waals surface area (Å²) in [7, 11) is 1.34. The van der Waals surface area contributed by atoms with Crippen LogP contribution in [0.25, 0.3) is 0 Å². The lowest BCUT2D eigenvalue weighted by molar-refractivity contribution is -0.141. The van der Waals surface area contributed by atoms with Crippen molar-refractivity contribution < 1.29 is 23.8 Å². The van der Waals surface area contributed by atoms with E-state index in [4.69, 9.17) is 9.84 Å². The van der Waals surface area contributed by atoms with E-state index in [0.29, 0.717) is 11.5 Å². The van der Waals surface area contributed by atoms with Gasteiger partial charge in [-0.1, -0.05) is 6.07 Å². The fraction of sp³-hybridized carbons (Fsp3) is 0.385. The van der Waals surface area contributed by atoms with Crippen molar-refractivity contribution in [2.24, 2.45) is 0 Å². The SMILES string of the molecule is COc1cccc(F)c1C(=O)N1CCSCC1C(=O)O. The Morgan fingerprint density at radius 1 is 1.50 bits per heavy atom. The number of carboxylic acid groups (broad SMARTS) is 1. The Bertz CT molecular complexity index is 537. The Kier molecular flexibility index (Phi) is 4.49. The van der Waals surface area contributed by atoms with Crippen molar-refractivity contribution >= 4 is 23.6 Å². The van der Waals surface area contributed by atoms with Crippen molar-refractivity contribution in [3.8, 4) is 5.75 Å². The van der Waals surface area contributed by atoms with Gasteiger partial charge < -0.3 is 14.7 Å². The maximum atomic E-state index is 13.9. The van der Waals surface area contributed by atoms with Crippen LogP contribution in [0.1, 0.15) is 10.4 Å². The van der Waals surface area contributed by atoms with Gasteiger partial charge in [-0.05, 0) is 12.1 Å². The third kappa shape index (κ3) is 2.72. The molecule has 0 bridgehead atoms. The van der Waals surface area contributed by atoms with E-state index in [1.165, 1.54) is 35.9 Å². The van der Waals surface area contributed by atoms with Crippen molar-refractivity contribution in [3.05, 3.63) is 29.6 Å². The topological polar surface area (TPSA) is 66.8 Å². The van der Waals surface area contributed by atoms with E-state index >= 15 is 0 Å². The van der Waals surface area contributed by atoms with Gasteiger partial charge in [0, 0.05) is 18.1 Å². The average molecular weight is 299 g/mol. The van der Waals surface area contributed by atoms with Gasteiger partial charge in [0.2, 0.25) is 0 Å². The van der Waals surface area contributed by atoms with E-state index in [1.807, 2.05) is 0 Å². The van der Waals surface area contributed by atoms with Gasteiger partial charge >= 0.3 is 5.97 Å². The summed E-state index contributed by atoms with van der Waals surface area (Å²) in [5.74, 6) is -1.40. The molecule has 1 fully saturated rings. The molecule has 0 aromatic heterocycles. The number of nitrogens with zero attached hydrogens (tertiary/aromatic N) is 1. The lowest BCUT2D eigenvalue weighted by Gasteiger charge is -2.33. The van der Waals surface area contributed by atoms with E-state index in [-0.39, 0.29) is 17.9 Å². The molecule has 0 radical (unpaired) electrons. The van der Waals surface area contributed by atoms with Crippen molar-refractivity contribution in [2.75, 3.05) is 25.2 Å². The molecule has 1 aliphatic heterocycles.